The third-order valence-electron chi connectivity index (χ3n) is 3.88. The van der Waals surface area contributed by atoms with Gasteiger partial charge in [-0.05, 0) is 30.2 Å². The summed E-state index contributed by atoms with van der Waals surface area (Å²) >= 11 is 0. The number of rotatable bonds is 3. The van der Waals surface area contributed by atoms with Gasteiger partial charge in [-0.1, -0.05) is 18.2 Å². The molecule has 0 spiro atoms. The molecule has 0 bridgehead atoms. The number of benzene rings is 2. The second-order valence-corrected chi connectivity index (χ2v) is 5.46. The number of nitrogens with zero attached hydrogens (tertiary/aromatic N) is 3. The second-order valence-electron chi connectivity index (χ2n) is 5.46. The van der Waals surface area contributed by atoms with Crippen molar-refractivity contribution in [2.24, 2.45) is 0 Å². The molecule has 2 aromatic heterocycles. The van der Waals surface area contributed by atoms with Gasteiger partial charge < -0.3 is 10.4 Å². The molecule has 0 saturated heterocycles. The van der Waals surface area contributed by atoms with Crippen LogP contribution in [0.1, 0.15) is 11.1 Å². The van der Waals surface area contributed by atoms with E-state index in [1.807, 2.05) is 37.3 Å². The van der Waals surface area contributed by atoms with E-state index >= 15 is 0 Å². The third-order valence-corrected chi connectivity index (χ3v) is 3.88. The van der Waals surface area contributed by atoms with Crippen molar-refractivity contribution in [2.45, 2.75) is 13.5 Å². The van der Waals surface area contributed by atoms with E-state index in [-0.39, 0.29) is 6.61 Å². The minimum Gasteiger partial charge on any atom is -0.392 e. The molecule has 2 heterocycles. The van der Waals surface area contributed by atoms with Crippen molar-refractivity contribution in [1.82, 2.24) is 20.2 Å². The number of anilines is 2. The van der Waals surface area contributed by atoms with Gasteiger partial charge in [0.25, 0.3) is 0 Å². The summed E-state index contributed by atoms with van der Waals surface area (Å²) in [6, 6.07) is 9.82. The quantitative estimate of drug-likeness (QED) is 0.541. The van der Waals surface area contributed by atoms with Gasteiger partial charge in [0.15, 0.2) is 0 Å². The number of para-hydroxylation sites is 1. The molecule has 2 aromatic carbocycles. The first kappa shape index (κ1) is 13.7. The van der Waals surface area contributed by atoms with E-state index in [4.69, 9.17) is 0 Å². The van der Waals surface area contributed by atoms with Crippen molar-refractivity contribution < 1.29 is 5.11 Å². The van der Waals surface area contributed by atoms with E-state index in [0.29, 0.717) is 5.95 Å². The molecular weight excluding hydrogens is 290 g/mol. The van der Waals surface area contributed by atoms with E-state index in [1.165, 1.54) is 0 Å². The first-order valence-corrected chi connectivity index (χ1v) is 7.31. The summed E-state index contributed by atoms with van der Waals surface area (Å²) in [4.78, 5) is 8.94. The SMILES string of the molecule is Cc1cccc2cnc(Nc3cc(CO)c4cn[nH]c4c3)nc12. The highest BCUT2D eigenvalue weighted by molar-refractivity contribution is 5.86. The van der Waals surface area contributed by atoms with Gasteiger partial charge in [-0.15, -0.1) is 0 Å². The number of nitrogens with one attached hydrogen (secondary N) is 2. The maximum absolute atomic E-state index is 9.52. The number of aromatic nitrogens is 4. The van der Waals surface area contributed by atoms with E-state index in [0.717, 1.165) is 38.6 Å². The van der Waals surface area contributed by atoms with Gasteiger partial charge in [0.05, 0.1) is 23.8 Å². The fraction of sp³-hybridized carbons (Fsp3) is 0.118. The maximum Gasteiger partial charge on any atom is 0.227 e. The largest absolute Gasteiger partial charge is 0.392 e. The average molecular weight is 305 g/mol. The van der Waals surface area contributed by atoms with Crippen molar-refractivity contribution >= 4 is 33.4 Å². The molecule has 0 atom stereocenters. The number of aliphatic hydroxyl groups excluding tert-OH is 1. The lowest BCUT2D eigenvalue weighted by Crippen LogP contribution is -1.99. The lowest BCUT2D eigenvalue weighted by Gasteiger charge is -2.09. The fourth-order valence-corrected chi connectivity index (χ4v) is 2.72. The van der Waals surface area contributed by atoms with Crippen LogP contribution < -0.4 is 5.32 Å². The van der Waals surface area contributed by atoms with Crippen molar-refractivity contribution in [2.75, 3.05) is 5.32 Å². The van der Waals surface area contributed by atoms with Crippen LogP contribution in [-0.4, -0.2) is 25.3 Å². The Kier molecular flexibility index (Phi) is 3.17. The molecule has 6 nitrogen and oxygen atoms in total. The Bertz CT molecular complexity index is 1010. The Hall–Kier alpha value is -2.99. The van der Waals surface area contributed by atoms with Gasteiger partial charge in [0.1, 0.15) is 0 Å². The molecule has 6 heteroatoms. The van der Waals surface area contributed by atoms with Gasteiger partial charge in [-0.25, -0.2) is 9.97 Å². The molecule has 23 heavy (non-hydrogen) atoms. The fourth-order valence-electron chi connectivity index (χ4n) is 2.72. The number of fused-ring (bicyclic) bond motifs is 2. The van der Waals surface area contributed by atoms with Gasteiger partial charge in [0, 0.05) is 22.7 Å². The predicted molar refractivity (Wildman–Crippen MR) is 89.6 cm³/mol. The Morgan fingerprint density at radius 3 is 3.00 bits per heavy atom. The summed E-state index contributed by atoms with van der Waals surface area (Å²) in [5.74, 6) is 0.523. The number of H-pyrrole nitrogens is 1. The maximum atomic E-state index is 9.52. The molecule has 0 unspecified atom stereocenters. The number of hydrogen-bond acceptors (Lipinski definition) is 5. The second kappa shape index (κ2) is 5.33. The van der Waals surface area contributed by atoms with Crippen LogP contribution in [0.3, 0.4) is 0 Å². The minimum atomic E-state index is -0.0523. The Morgan fingerprint density at radius 2 is 2.13 bits per heavy atom. The number of aliphatic hydroxyl groups is 1. The average Bonchev–Trinajstić information content (AvgIpc) is 3.03. The molecular formula is C17H15N5O. The van der Waals surface area contributed by atoms with E-state index in [1.54, 1.807) is 12.4 Å². The normalized spacial score (nSPS) is 11.2. The van der Waals surface area contributed by atoms with Crippen LogP contribution in [0.4, 0.5) is 11.6 Å². The Morgan fingerprint density at radius 1 is 1.22 bits per heavy atom. The molecule has 3 N–H and O–H groups in total. The van der Waals surface area contributed by atoms with Gasteiger partial charge in [-0.2, -0.15) is 5.10 Å². The van der Waals surface area contributed by atoms with E-state index in [9.17, 15) is 5.11 Å². The summed E-state index contributed by atoms with van der Waals surface area (Å²) in [5, 5.41) is 21.6. The molecule has 4 rings (SSSR count). The Labute approximate surface area is 132 Å². The zero-order valence-electron chi connectivity index (χ0n) is 12.5. The molecule has 0 aliphatic rings. The van der Waals surface area contributed by atoms with Crippen molar-refractivity contribution in [3.63, 3.8) is 0 Å². The van der Waals surface area contributed by atoms with Crippen LogP contribution in [0.5, 0.6) is 0 Å². The molecule has 0 radical (unpaired) electrons. The molecule has 114 valence electrons. The highest BCUT2D eigenvalue weighted by Gasteiger charge is 2.07. The summed E-state index contributed by atoms with van der Waals surface area (Å²) in [6.07, 6.45) is 3.51. The highest BCUT2D eigenvalue weighted by atomic mass is 16.3. The van der Waals surface area contributed by atoms with Crippen molar-refractivity contribution in [1.29, 1.82) is 0 Å². The molecule has 0 fully saturated rings. The van der Waals surface area contributed by atoms with Gasteiger partial charge >= 0.3 is 0 Å². The number of aromatic amines is 1. The highest BCUT2D eigenvalue weighted by Crippen LogP contribution is 2.25. The summed E-state index contributed by atoms with van der Waals surface area (Å²) in [6.45, 7) is 1.98. The Balaban J connectivity index is 1.76. The summed E-state index contributed by atoms with van der Waals surface area (Å²) in [5.41, 5.74) is 4.49. The topological polar surface area (TPSA) is 86.7 Å². The number of aryl methyl sites for hydroxylation is 1. The molecule has 4 aromatic rings. The first-order valence-electron chi connectivity index (χ1n) is 7.31. The molecule has 0 aliphatic carbocycles. The standard InChI is InChI=1S/C17H15N5O/c1-10-3-2-4-11-7-18-17(21-16(10)11)20-13-5-12(9-23)14-8-19-22-15(14)6-13/h2-8,23H,9H2,1H3,(H,19,22)(H,18,20,21). The third kappa shape index (κ3) is 2.39. The van der Waals surface area contributed by atoms with Crippen LogP contribution in [0.25, 0.3) is 21.8 Å². The zero-order chi connectivity index (χ0) is 15.8. The van der Waals surface area contributed by atoms with E-state index in [2.05, 4.69) is 25.5 Å². The van der Waals surface area contributed by atoms with Gasteiger partial charge in [-0.3, -0.25) is 5.10 Å². The van der Waals surface area contributed by atoms with Crippen LogP contribution in [0.15, 0.2) is 42.7 Å². The lowest BCUT2D eigenvalue weighted by molar-refractivity contribution is 0.283. The summed E-state index contributed by atoms with van der Waals surface area (Å²) in [7, 11) is 0. The molecule has 0 aliphatic heterocycles. The monoisotopic (exact) mass is 305 g/mol. The van der Waals surface area contributed by atoms with Gasteiger partial charge in [0.2, 0.25) is 5.95 Å². The van der Waals surface area contributed by atoms with Crippen LogP contribution in [0.2, 0.25) is 0 Å². The van der Waals surface area contributed by atoms with Crippen LogP contribution in [0, 0.1) is 6.92 Å². The molecule has 0 saturated carbocycles. The van der Waals surface area contributed by atoms with Crippen molar-refractivity contribution in [3.05, 3.63) is 53.9 Å². The smallest absolute Gasteiger partial charge is 0.227 e. The predicted octanol–water partition coefficient (Wildman–Crippen LogP) is 3.05. The molecule has 0 amide bonds. The zero-order valence-corrected chi connectivity index (χ0v) is 12.5. The van der Waals surface area contributed by atoms with Crippen molar-refractivity contribution in [3.8, 4) is 0 Å². The van der Waals surface area contributed by atoms with Crippen LogP contribution in [-0.2, 0) is 6.61 Å². The van der Waals surface area contributed by atoms with Crippen LogP contribution >= 0.6 is 0 Å². The first-order chi connectivity index (χ1) is 11.2. The summed E-state index contributed by atoms with van der Waals surface area (Å²) < 4.78 is 0. The van der Waals surface area contributed by atoms with E-state index < -0.39 is 0 Å². The lowest BCUT2D eigenvalue weighted by atomic mass is 10.1. The minimum absolute atomic E-state index is 0.0523. The number of hydrogen-bond donors (Lipinski definition) is 3.